The average molecular weight is 171 g/mol. The second-order valence-corrected chi connectivity index (χ2v) is 3.86. The second kappa shape index (κ2) is 3.31. The Morgan fingerprint density at radius 1 is 1.67 bits per heavy atom. The minimum atomic E-state index is -0.450. The van der Waals surface area contributed by atoms with Crippen LogP contribution in [-0.2, 0) is 0 Å². The third kappa shape index (κ3) is 2.11. The van der Waals surface area contributed by atoms with Crippen LogP contribution >= 0.6 is 0 Å². The number of nitrogens with one attached hydrogen (secondary N) is 2. The Kier molecular flexibility index (Phi) is 2.57. The lowest BCUT2D eigenvalue weighted by molar-refractivity contribution is 0.229. The van der Waals surface area contributed by atoms with E-state index in [1.807, 2.05) is 13.8 Å². The van der Waals surface area contributed by atoms with Crippen LogP contribution in [0.1, 0.15) is 26.7 Å². The molecule has 0 saturated carbocycles. The topological polar surface area (TPSA) is 67.1 Å². The largest absolute Gasteiger partial charge is 0.352 e. The van der Waals surface area contributed by atoms with Crippen LogP contribution in [0.5, 0.6) is 0 Å². The molecule has 1 unspecified atom stereocenters. The van der Waals surface area contributed by atoms with Crippen molar-refractivity contribution in [2.24, 2.45) is 5.73 Å². The summed E-state index contributed by atoms with van der Waals surface area (Å²) >= 11 is 0. The van der Waals surface area contributed by atoms with Crippen LogP contribution in [0.15, 0.2) is 0 Å². The zero-order chi connectivity index (χ0) is 9.19. The lowest BCUT2D eigenvalue weighted by Gasteiger charge is -2.31. The molecule has 4 nitrogen and oxygen atoms in total. The van der Waals surface area contributed by atoms with Gasteiger partial charge in [-0.1, -0.05) is 0 Å². The zero-order valence-corrected chi connectivity index (χ0v) is 7.68. The van der Waals surface area contributed by atoms with Crippen molar-refractivity contribution in [3.05, 3.63) is 0 Å². The van der Waals surface area contributed by atoms with E-state index in [-0.39, 0.29) is 5.54 Å². The highest BCUT2D eigenvalue weighted by molar-refractivity contribution is 5.72. The van der Waals surface area contributed by atoms with Crippen LogP contribution in [0.2, 0.25) is 0 Å². The fourth-order valence-corrected chi connectivity index (χ4v) is 1.71. The molecule has 0 aromatic heterocycles. The van der Waals surface area contributed by atoms with Gasteiger partial charge >= 0.3 is 6.03 Å². The van der Waals surface area contributed by atoms with Crippen molar-refractivity contribution in [2.45, 2.75) is 38.3 Å². The molecule has 4 heteroatoms. The fraction of sp³-hybridized carbons (Fsp3) is 0.875. The number of hydrogen-bond donors (Lipinski definition) is 3. The SMILES string of the molecule is CC(C)(NC(N)=O)C1CCCN1. The first-order valence-corrected chi connectivity index (χ1v) is 4.33. The van der Waals surface area contributed by atoms with Crippen LogP contribution in [0.25, 0.3) is 0 Å². The van der Waals surface area contributed by atoms with Crippen molar-refractivity contribution >= 4 is 6.03 Å². The molecular weight excluding hydrogens is 154 g/mol. The summed E-state index contributed by atoms with van der Waals surface area (Å²) in [6, 6.07) is -0.0984. The number of carbonyl (C=O) groups excluding carboxylic acids is 1. The van der Waals surface area contributed by atoms with E-state index in [9.17, 15) is 4.79 Å². The Balaban J connectivity index is 2.50. The van der Waals surface area contributed by atoms with Crippen LogP contribution < -0.4 is 16.4 Å². The van der Waals surface area contributed by atoms with Crippen molar-refractivity contribution in [1.29, 1.82) is 0 Å². The number of rotatable bonds is 2. The van der Waals surface area contributed by atoms with Crippen molar-refractivity contribution in [1.82, 2.24) is 10.6 Å². The molecule has 0 aliphatic carbocycles. The second-order valence-electron chi connectivity index (χ2n) is 3.86. The number of carbonyl (C=O) groups is 1. The predicted molar refractivity (Wildman–Crippen MR) is 47.8 cm³/mol. The van der Waals surface area contributed by atoms with Crippen LogP contribution in [0, 0.1) is 0 Å². The van der Waals surface area contributed by atoms with Gasteiger partial charge in [0.1, 0.15) is 0 Å². The third-order valence-corrected chi connectivity index (χ3v) is 2.38. The maximum atomic E-state index is 10.7. The molecule has 0 bridgehead atoms. The van der Waals surface area contributed by atoms with Gasteiger partial charge in [-0.15, -0.1) is 0 Å². The van der Waals surface area contributed by atoms with E-state index < -0.39 is 6.03 Å². The fourth-order valence-electron chi connectivity index (χ4n) is 1.71. The standard InChI is InChI=1S/C8H17N3O/c1-8(2,11-7(9)12)6-4-3-5-10-6/h6,10H,3-5H2,1-2H3,(H3,9,11,12). The molecule has 12 heavy (non-hydrogen) atoms. The minimum absolute atomic E-state index is 0.234. The van der Waals surface area contributed by atoms with Gasteiger partial charge in [0.2, 0.25) is 0 Å². The summed E-state index contributed by atoms with van der Waals surface area (Å²) in [7, 11) is 0. The van der Waals surface area contributed by atoms with Crippen molar-refractivity contribution in [3.63, 3.8) is 0 Å². The molecule has 1 heterocycles. The number of amides is 2. The third-order valence-electron chi connectivity index (χ3n) is 2.38. The predicted octanol–water partition coefficient (Wildman–Crippen LogP) is 0.185. The lowest BCUT2D eigenvalue weighted by atomic mass is 9.93. The maximum absolute atomic E-state index is 10.7. The number of nitrogens with two attached hydrogens (primary N) is 1. The summed E-state index contributed by atoms with van der Waals surface area (Å²) in [5.74, 6) is 0. The molecule has 0 aromatic carbocycles. The van der Waals surface area contributed by atoms with Crippen molar-refractivity contribution in [2.75, 3.05) is 6.54 Å². The average Bonchev–Trinajstić information content (AvgIpc) is 2.32. The van der Waals surface area contributed by atoms with Gasteiger partial charge in [-0.05, 0) is 33.2 Å². The van der Waals surface area contributed by atoms with Crippen molar-refractivity contribution in [3.8, 4) is 0 Å². The molecule has 1 fully saturated rings. The smallest absolute Gasteiger partial charge is 0.312 e. The van der Waals surface area contributed by atoms with Crippen LogP contribution in [0.4, 0.5) is 4.79 Å². The summed E-state index contributed by atoms with van der Waals surface area (Å²) in [6.07, 6.45) is 2.28. The van der Waals surface area contributed by atoms with E-state index >= 15 is 0 Å². The maximum Gasteiger partial charge on any atom is 0.312 e. The Morgan fingerprint density at radius 2 is 2.33 bits per heavy atom. The molecule has 70 valence electrons. The van der Waals surface area contributed by atoms with Gasteiger partial charge in [0, 0.05) is 6.04 Å². The highest BCUT2D eigenvalue weighted by Crippen LogP contribution is 2.17. The van der Waals surface area contributed by atoms with Gasteiger partial charge in [0.25, 0.3) is 0 Å². The van der Waals surface area contributed by atoms with Gasteiger partial charge in [-0.2, -0.15) is 0 Å². The summed E-state index contributed by atoms with van der Waals surface area (Å²) in [5.41, 5.74) is 4.83. The minimum Gasteiger partial charge on any atom is -0.352 e. The van der Waals surface area contributed by atoms with Gasteiger partial charge in [0.15, 0.2) is 0 Å². The first kappa shape index (κ1) is 9.32. The number of hydrogen-bond acceptors (Lipinski definition) is 2. The van der Waals surface area contributed by atoms with E-state index in [4.69, 9.17) is 5.73 Å². The van der Waals surface area contributed by atoms with E-state index in [0.717, 1.165) is 13.0 Å². The molecule has 4 N–H and O–H groups in total. The Morgan fingerprint density at radius 3 is 2.75 bits per heavy atom. The summed E-state index contributed by atoms with van der Waals surface area (Å²) in [5, 5.41) is 6.07. The first-order chi connectivity index (χ1) is 5.52. The van der Waals surface area contributed by atoms with Crippen molar-refractivity contribution < 1.29 is 4.79 Å². The molecule has 0 radical (unpaired) electrons. The molecule has 1 aliphatic heterocycles. The molecule has 2 amide bonds. The van der Waals surface area contributed by atoms with Gasteiger partial charge in [0.05, 0.1) is 5.54 Å². The molecular formula is C8H17N3O. The quantitative estimate of drug-likeness (QED) is 0.555. The van der Waals surface area contributed by atoms with E-state index in [2.05, 4.69) is 10.6 Å². The van der Waals surface area contributed by atoms with Gasteiger partial charge < -0.3 is 16.4 Å². The molecule has 1 saturated heterocycles. The van der Waals surface area contributed by atoms with Crippen LogP contribution in [0.3, 0.4) is 0 Å². The number of urea groups is 1. The van der Waals surface area contributed by atoms with E-state index in [0.29, 0.717) is 6.04 Å². The molecule has 0 aromatic rings. The zero-order valence-electron chi connectivity index (χ0n) is 7.68. The normalized spacial score (nSPS) is 24.0. The molecule has 1 atom stereocenters. The van der Waals surface area contributed by atoms with E-state index in [1.165, 1.54) is 6.42 Å². The highest BCUT2D eigenvalue weighted by Gasteiger charge is 2.32. The molecule has 0 spiro atoms. The molecule has 1 aliphatic rings. The lowest BCUT2D eigenvalue weighted by Crippen LogP contribution is -2.56. The van der Waals surface area contributed by atoms with Crippen LogP contribution in [-0.4, -0.2) is 24.2 Å². The first-order valence-electron chi connectivity index (χ1n) is 4.33. The Labute approximate surface area is 72.9 Å². The Hall–Kier alpha value is -0.770. The molecule has 1 rings (SSSR count). The number of primary amides is 1. The highest BCUT2D eigenvalue weighted by atomic mass is 16.2. The van der Waals surface area contributed by atoms with Gasteiger partial charge in [-0.25, -0.2) is 4.79 Å². The van der Waals surface area contributed by atoms with Gasteiger partial charge in [-0.3, -0.25) is 0 Å². The van der Waals surface area contributed by atoms with E-state index in [1.54, 1.807) is 0 Å². The Bertz CT molecular complexity index is 173. The summed E-state index contributed by atoms with van der Waals surface area (Å²) < 4.78 is 0. The summed E-state index contributed by atoms with van der Waals surface area (Å²) in [4.78, 5) is 10.7. The monoisotopic (exact) mass is 171 g/mol. The summed E-state index contributed by atoms with van der Waals surface area (Å²) in [6.45, 7) is 5.01.